The van der Waals surface area contributed by atoms with Crippen molar-refractivity contribution in [2.24, 2.45) is 0 Å². The summed E-state index contributed by atoms with van der Waals surface area (Å²) in [6.45, 7) is 0. The van der Waals surface area contributed by atoms with E-state index in [1.165, 1.54) is 6.20 Å². The maximum atomic E-state index is 13.4. The van der Waals surface area contributed by atoms with Gasteiger partial charge >= 0.3 is 0 Å². The standard InChI is InChI=1S/C12H7ClFNO/c13-11-5-8(1-2-9(11)7-16)10-3-4-15-6-12(10)14/h1-7H. The number of halogens is 2. The lowest BCUT2D eigenvalue weighted by Crippen LogP contribution is -1.88. The number of pyridine rings is 1. The Labute approximate surface area is 96.7 Å². The molecule has 1 aromatic carbocycles. The number of carbonyl (C=O) groups excluding carboxylic acids is 1. The molecule has 2 rings (SSSR count). The van der Waals surface area contributed by atoms with E-state index in [1.54, 1.807) is 24.3 Å². The van der Waals surface area contributed by atoms with E-state index < -0.39 is 5.82 Å². The smallest absolute Gasteiger partial charge is 0.151 e. The topological polar surface area (TPSA) is 30.0 Å². The Bertz CT molecular complexity index is 542. The summed E-state index contributed by atoms with van der Waals surface area (Å²) in [5.74, 6) is -0.419. The molecule has 0 amide bonds. The van der Waals surface area contributed by atoms with Crippen LogP contribution in [0.15, 0.2) is 36.7 Å². The summed E-state index contributed by atoms with van der Waals surface area (Å²) < 4.78 is 13.4. The Morgan fingerprint density at radius 2 is 2.12 bits per heavy atom. The van der Waals surface area contributed by atoms with Crippen LogP contribution in [0.5, 0.6) is 0 Å². The molecule has 16 heavy (non-hydrogen) atoms. The molecule has 0 aliphatic rings. The van der Waals surface area contributed by atoms with E-state index in [4.69, 9.17) is 11.6 Å². The largest absolute Gasteiger partial charge is 0.298 e. The Balaban J connectivity index is 2.54. The van der Waals surface area contributed by atoms with Crippen molar-refractivity contribution in [3.63, 3.8) is 0 Å². The molecule has 0 aliphatic heterocycles. The maximum Gasteiger partial charge on any atom is 0.151 e. The lowest BCUT2D eigenvalue weighted by atomic mass is 10.1. The van der Waals surface area contributed by atoms with Gasteiger partial charge in [-0.3, -0.25) is 9.78 Å². The Kier molecular flexibility index (Phi) is 2.97. The van der Waals surface area contributed by atoms with Crippen LogP contribution in [0.2, 0.25) is 5.02 Å². The van der Waals surface area contributed by atoms with Gasteiger partial charge in [-0.05, 0) is 23.8 Å². The third-order valence-corrected chi connectivity index (χ3v) is 2.54. The fourth-order valence-corrected chi connectivity index (χ4v) is 1.62. The average Bonchev–Trinajstić information content (AvgIpc) is 2.29. The summed E-state index contributed by atoms with van der Waals surface area (Å²) in [6, 6.07) is 6.32. The molecule has 0 unspecified atom stereocenters. The predicted molar refractivity (Wildman–Crippen MR) is 60.0 cm³/mol. The van der Waals surface area contributed by atoms with E-state index in [2.05, 4.69) is 4.98 Å². The number of nitrogens with zero attached hydrogens (tertiary/aromatic N) is 1. The third kappa shape index (κ3) is 1.95. The molecule has 1 aromatic heterocycles. The number of aromatic nitrogens is 1. The van der Waals surface area contributed by atoms with Gasteiger partial charge in [0.25, 0.3) is 0 Å². The van der Waals surface area contributed by atoms with Crippen molar-refractivity contribution < 1.29 is 9.18 Å². The van der Waals surface area contributed by atoms with Gasteiger partial charge in [0, 0.05) is 17.3 Å². The summed E-state index contributed by atoms with van der Waals surface area (Å²) >= 11 is 5.86. The van der Waals surface area contributed by atoms with Crippen LogP contribution in [-0.4, -0.2) is 11.3 Å². The minimum atomic E-state index is -0.419. The Hall–Kier alpha value is -1.74. The van der Waals surface area contributed by atoms with Crippen molar-refractivity contribution in [2.45, 2.75) is 0 Å². The predicted octanol–water partition coefficient (Wildman–Crippen LogP) is 3.35. The van der Waals surface area contributed by atoms with Crippen molar-refractivity contribution in [3.8, 4) is 11.1 Å². The molecule has 0 saturated heterocycles. The first-order chi connectivity index (χ1) is 7.72. The van der Waals surface area contributed by atoms with Gasteiger partial charge in [-0.2, -0.15) is 0 Å². The Morgan fingerprint density at radius 3 is 2.75 bits per heavy atom. The van der Waals surface area contributed by atoms with Crippen LogP contribution in [0.1, 0.15) is 10.4 Å². The molecule has 4 heteroatoms. The lowest BCUT2D eigenvalue weighted by Gasteiger charge is -2.04. The second-order valence-corrected chi connectivity index (χ2v) is 3.62. The van der Waals surface area contributed by atoms with Crippen molar-refractivity contribution in [1.29, 1.82) is 0 Å². The number of aldehydes is 1. The zero-order valence-electron chi connectivity index (χ0n) is 8.15. The highest BCUT2D eigenvalue weighted by molar-refractivity contribution is 6.33. The quantitative estimate of drug-likeness (QED) is 0.747. The van der Waals surface area contributed by atoms with E-state index in [0.717, 1.165) is 6.20 Å². The second kappa shape index (κ2) is 4.41. The molecule has 80 valence electrons. The molecule has 0 aliphatic carbocycles. The molecular weight excluding hydrogens is 229 g/mol. The fraction of sp³-hybridized carbons (Fsp3) is 0. The molecule has 2 nitrogen and oxygen atoms in total. The van der Waals surface area contributed by atoms with Crippen molar-refractivity contribution in [3.05, 3.63) is 53.1 Å². The van der Waals surface area contributed by atoms with E-state index >= 15 is 0 Å². The van der Waals surface area contributed by atoms with Gasteiger partial charge in [-0.15, -0.1) is 0 Å². The van der Waals surface area contributed by atoms with Gasteiger partial charge in [-0.25, -0.2) is 4.39 Å². The molecule has 0 fully saturated rings. The number of hydrogen-bond donors (Lipinski definition) is 0. The third-order valence-electron chi connectivity index (χ3n) is 2.21. The highest BCUT2D eigenvalue weighted by atomic mass is 35.5. The first-order valence-corrected chi connectivity index (χ1v) is 4.95. The number of carbonyl (C=O) groups is 1. The van der Waals surface area contributed by atoms with Crippen molar-refractivity contribution >= 4 is 17.9 Å². The summed E-state index contributed by atoms with van der Waals surface area (Å²) in [6.07, 6.45) is 3.30. The number of hydrogen-bond acceptors (Lipinski definition) is 2. The van der Waals surface area contributed by atoms with Gasteiger partial charge in [0.15, 0.2) is 6.29 Å². The average molecular weight is 236 g/mol. The van der Waals surface area contributed by atoms with Crippen LogP contribution in [0.25, 0.3) is 11.1 Å². The summed E-state index contributed by atoms with van der Waals surface area (Å²) in [7, 11) is 0. The molecule has 0 N–H and O–H groups in total. The van der Waals surface area contributed by atoms with E-state index in [1.807, 2.05) is 0 Å². The molecule has 1 heterocycles. The molecule has 0 atom stereocenters. The highest BCUT2D eigenvalue weighted by Gasteiger charge is 2.06. The first-order valence-electron chi connectivity index (χ1n) is 4.57. The highest BCUT2D eigenvalue weighted by Crippen LogP contribution is 2.26. The van der Waals surface area contributed by atoms with Crippen LogP contribution in [0.4, 0.5) is 4.39 Å². The van der Waals surface area contributed by atoms with E-state index in [0.29, 0.717) is 28.0 Å². The minimum Gasteiger partial charge on any atom is -0.298 e. The number of rotatable bonds is 2. The molecular formula is C12H7ClFNO. The summed E-state index contributed by atoms with van der Waals surface area (Å²) in [5.41, 5.74) is 1.42. The Morgan fingerprint density at radius 1 is 1.31 bits per heavy atom. The monoisotopic (exact) mass is 235 g/mol. The van der Waals surface area contributed by atoms with Crippen LogP contribution in [0.3, 0.4) is 0 Å². The van der Waals surface area contributed by atoms with Gasteiger partial charge in [0.1, 0.15) is 5.82 Å². The second-order valence-electron chi connectivity index (χ2n) is 3.21. The summed E-state index contributed by atoms with van der Waals surface area (Å²) in [5, 5.41) is 0.309. The van der Waals surface area contributed by atoms with Gasteiger partial charge in [0.2, 0.25) is 0 Å². The van der Waals surface area contributed by atoms with Crippen LogP contribution in [0, 0.1) is 5.82 Å². The molecule has 0 saturated carbocycles. The molecule has 2 aromatic rings. The SMILES string of the molecule is O=Cc1ccc(-c2ccncc2F)cc1Cl. The van der Waals surface area contributed by atoms with Gasteiger partial charge < -0.3 is 0 Å². The maximum absolute atomic E-state index is 13.4. The minimum absolute atomic E-state index is 0.309. The fourth-order valence-electron chi connectivity index (χ4n) is 1.40. The van der Waals surface area contributed by atoms with E-state index in [9.17, 15) is 9.18 Å². The van der Waals surface area contributed by atoms with Crippen LogP contribution >= 0.6 is 11.6 Å². The van der Waals surface area contributed by atoms with Gasteiger partial charge in [-0.1, -0.05) is 17.7 Å². The molecule has 0 bridgehead atoms. The molecule has 0 radical (unpaired) electrons. The lowest BCUT2D eigenvalue weighted by molar-refractivity contribution is 0.112. The zero-order valence-corrected chi connectivity index (χ0v) is 8.91. The van der Waals surface area contributed by atoms with Crippen molar-refractivity contribution in [2.75, 3.05) is 0 Å². The normalized spacial score (nSPS) is 10.1. The summed E-state index contributed by atoms with van der Waals surface area (Å²) in [4.78, 5) is 14.2. The van der Waals surface area contributed by atoms with E-state index in [-0.39, 0.29) is 0 Å². The van der Waals surface area contributed by atoms with Gasteiger partial charge in [0.05, 0.1) is 11.2 Å². The number of benzene rings is 1. The van der Waals surface area contributed by atoms with Crippen LogP contribution in [-0.2, 0) is 0 Å². The molecule has 0 spiro atoms. The van der Waals surface area contributed by atoms with Crippen molar-refractivity contribution in [1.82, 2.24) is 4.98 Å². The first kappa shape index (κ1) is 10.8. The van der Waals surface area contributed by atoms with Crippen LogP contribution < -0.4 is 0 Å². The zero-order chi connectivity index (χ0) is 11.5.